The molecular weight excluding hydrogens is 192 g/mol. The number of aliphatic hydroxyl groups is 1. The molecule has 0 bridgehead atoms. The van der Waals surface area contributed by atoms with E-state index in [4.69, 9.17) is 4.74 Å². The van der Waals surface area contributed by atoms with E-state index in [2.05, 4.69) is 24.2 Å². The lowest BCUT2D eigenvalue weighted by molar-refractivity contribution is 0.139. The fourth-order valence-corrected chi connectivity index (χ4v) is 1.90. The van der Waals surface area contributed by atoms with Crippen LogP contribution in [0.25, 0.3) is 0 Å². The Morgan fingerprint density at radius 2 is 2.40 bits per heavy atom. The normalized spacial score (nSPS) is 23.6. The van der Waals surface area contributed by atoms with Crippen LogP contribution < -0.4 is 5.32 Å². The molecule has 0 radical (unpaired) electrons. The maximum atomic E-state index is 9.22. The van der Waals surface area contributed by atoms with Crippen molar-refractivity contribution in [3.63, 3.8) is 0 Å². The van der Waals surface area contributed by atoms with E-state index in [1.807, 2.05) is 0 Å². The Kier molecular flexibility index (Phi) is 6.17. The second kappa shape index (κ2) is 7.17. The molecule has 0 aromatic carbocycles. The fourth-order valence-electron chi connectivity index (χ4n) is 1.90. The van der Waals surface area contributed by atoms with Crippen LogP contribution in [0.1, 0.15) is 19.8 Å². The Morgan fingerprint density at radius 3 is 2.93 bits per heavy atom. The van der Waals surface area contributed by atoms with E-state index in [9.17, 15) is 5.11 Å². The SMILES string of the molecule is CCCNC(CO)CN(C)C1CCOC1. The Hall–Kier alpha value is -0.160. The average molecular weight is 216 g/mol. The maximum Gasteiger partial charge on any atom is 0.0622 e. The van der Waals surface area contributed by atoms with E-state index in [0.717, 1.165) is 39.1 Å². The van der Waals surface area contributed by atoms with Crippen molar-refractivity contribution in [1.29, 1.82) is 0 Å². The van der Waals surface area contributed by atoms with Gasteiger partial charge in [-0.25, -0.2) is 0 Å². The minimum atomic E-state index is 0.190. The van der Waals surface area contributed by atoms with Gasteiger partial charge in [-0.05, 0) is 26.4 Å². The molecule has 0 aromatic rings. The molecular formula is C11H24N2O2. The van der Waals surface area contributed by atoms with Gasteiger partial charge >= 0.3 is 0 Å². The Balaban J connectivity index is 2.23. The molecule has 4 heteroatoms. The molecule has 0 saturated carbocycles. The van der Waals surface area contributed by atoms with Gasteiger partial charge < -0.3 is 15.2 Å². The van der Waals surface area contributed by atoms with E-state index in [0.29, 0.717) is 6.04 Å². The highest BCUT2D eigenvalue weighted by Crippen LogP contribution is 2.10. The van der Waals surface area contributed by atoms with E-state index < -0.39 is 0 Å². The molecule has 2 atom stereocenters. The van der Waals surface area contributed by atoms with Gasteiger partial charge in [-0.2, -0.15) is 0 Å². The highest BCUT2D eigenvalue weighted by atomic mass is 16.5. The zero-order chi connectivity index (χ0) is 11.1. The van der Waals surface area contributed by atoms with Gasteiger partial charge in [-0.1, -0.05) is 6.92 Å². The predicted octanol–water partition coefficient (Wildman–Crippen LogP) is 0.0676. The van der Waals surface area contributed by atoms with Crippen LogP contribution in [-0.2, 0) is 4.74 Å². The smallest absolute Gasteiger partial charge is 0.0622 e. The second-order valence-corrected chi connectivity index (χ2v) is 4.29. The molecule has 1 aliphatic heterocycles. The number of aliphatic hydroxyl groups excluding tert-OH is 1. The molecule has 1 aliphatic rings. The number of nitrogens with one attached hydrogen (secondary N) is 1. The van der Waals surface area contributed by atoms with Gasteiger partial charge in [-0.3, -0.25) is 4.90 Å². The third kappa shape index (κ3) is 4.47. The summed E-state index contributed by atoms with van der Waals surface area (Å²) >= 11 is 0. The predicted molar refractivity (Wildman–Crippen MR) is 61.0 cm³/mol. The van der Waals surface area contributed by atoms with Crippen molar-refractivity contribution >= 4 is 0 Å². The molecule has 0 aliphatic carbocycles. The van der Waals surface area contributed by atoms with Crippen LogP contribution in [0.4, 0.5) is 0 Å². The summed E-state index contributed by atoms with van der Waals surface area (Å²) < 4.78 is 5.35. The van der Waals surface area contributed by atoms with Crippen LogP contribution in [0.15, 0.2) is 0 Å². The Labute approximate surface area is 92.6 Å². The minimum absolute atomic E-state index is 0.190. The standard InChI is InChI=1S/C11H24N2O2/c1-3-5-12-10(8-14)7-13(2)11-4-6-15-9-11/h10-12,14H,3-9H2,1-2H3. The number of rotatable bonds is 7. The van der Waals surface area contributed by atoms with Crippen LogP contribution in [0.2, 0.25) is 0 Å². The van der Waals surface area contributed by atoms with Gasteiger partial charge in [0, 0.05) is 25.2 Å². The highest BCUT2D eigenvalue weighted by Gasteiger charge is 2.22. The van der Waals surface area contributed by atoms with Crippen molar-refractivity contribution in [2.24, 2.45) is 0 Å². The van der Waals surface area contributed by atoms with Gasteiger partial charge in [0.15, 0.2) is 0 Å². The first kappa shape index (κ1) is 12.9. The third-order valence-electron chi connectivity index (χ3n) is 2.94. The maximum absolute atomic E-state index is 9.22. The first-order valence-corrected chi connectivity index (χ1v) is 5.90. The summed E-state index contributed by atoms with van der Waals surface area (Å²) in [6.45, 7) is 5.92. The second-order valence-electron chi connectivity index (χ2n) is 4.29. The van der Waals surface area contributed by atoms with Crippen LogP contribution in [0, 0.1) is 0 Å². The first-order valence-electron chi connectivity index (χ1n) is 5.90. The third-order valence-corrected chi connectivity index (χ3v) is 2.94. The van der Waals surface area contributed by atoms with Crippen molar-refractivity contribution in [2.75, 3.05) is 40.0 Å². The molecule has 2 unspecified atom stereocenters. The van der Waals surface area contributed by atoms with E-state index >= 15 is 0 Å². The van der Waals surface area contributed by atoms with Crippen molar-refractivity contribution in [2.45, 2.75) is 31.8 Å². The molecule has 1 saturated heterocycles. The zero-order valence-electron chi connectivity index (χ0n) is 9.91. The summed E-state index contributed by atoms with van der Waals surface area (Å²) in [6, 6.07) is 0.720. The number of likely N-dealkylation sites (N-methyl/N-ethyl adjacent to an activating group) is 1. The topological polar surface area (TPSA) is 44.7 Å². The van der Waals surface area contributed by atoms with Crippen molar-refractivity contribution in [3.8, 4) is 0 Å². The van der Waals surface area contributed by atoms with Crippen LogP contribution >= 0.6 is 0 Å². The van der Waals surface area contributed by atoms with E-state index in [-0.39, 0.29) is 12.6 Å². The van der Waals surface area contributed by atoms with Crippen molar-refractivity contribution < 1.29 is 9.84 Å². The Morgan fingerprint density at radius 1 is 1.60 bits per heavy atom. The molecule has 90 valence electrons. The van der Waals surface area contributed by atoms with E-state index in [1.54, 1.807) is 0 Å². The van der Waals surface area contributed by atoms with Crippen molar-refractivity contribution in [3.05, 3.63) is 0 Å². The molecule has 15 heavy (non-hydrogen) atoms. The Bertz CT molecular complexity index is 161. The van der Waals surface area contributed by atoms with Gasteiger partial charge in [0.05, 0.1) is 13.2 Å². The summed E-state index contributed by atoms with van der Waals surface area (Å²) in [6.07, 6.45) is 2.22. The summed E-state index contributed by atoms with van der Waals surface area (Å²) in [5.74, 6) is 0. The zero-order valence-corrected chi connectivity index (χ0v) is 9.91. The first-order chi connectivity index (χ1) is 7.27. The van der Waals surface area contributed by atoms with Gasteiger partial charge in [0.25, 0.3) is 0 Å². The van der Waals surface area contributed by atoms with Crippen LogP contribution in [0.5, 0.6) is 0 Å². The summed E-state index contributed by atoms with van der Waals surface area (Å²) in [5.41, 5.74) is 0. The lowest BCUT2D eigenvalue weighted by Crippen LogP contribution is -2.45. The number of ether oxygens (including phenoxy) is 1. The van der Waals surface area contributed by atoms with Gasteiger partial charge in [-0.15, -0.1) is 0 Å². The van der Waals surface area contributed by atoms with E-state index in [1.165, 1.54) is 0 Å². The van der Waals surface area contributed by atoms with Crippen LogP contribution in [0.3, 0.4) is 0 Å². The monoisotopic (exact) mass is 216 g/mol. The molecule has 4 nitrogen and oxygen atoms in total. The molecule has 1 heterocycles. The molecule has 0 spiro atoms. The number of nitrogens with zero attached hydrogens (tertiary/aromatic N) is 1. The molecule has 1 rings (SSSR count). The molecule has 0 amide bonds. The highest BCUT2D eigenvalue weighted by molar-refractivity contribution is 4.77. The molecule has 1 fully saturated rings. The average Bonchev–Trinajstić information content (AvgIpc) is 2.77. The summed E-state index contributed by atoms with van der Waals surface area (Å²) in [5, 5.41) is 12.6. The van der Waals surface area contributed by atoms with Crippen LogP contribution in [-0.4, -0.2) is 62.0 Å². The largest absolute Gasteiger partial charge is 0.395 e. The number of hydrogen-bond donors (Lipinski definition) is 2. The lowest BCUT2D eigenvalue weighted by Gasteiger charge is -2.27. The minimum Gasteiger partial charge on any atom is -0.395 e. The van der Waals surface area contributed by atoms with Crippen molar-refractivity contribution in [1.82, 2.24) is 10.2 Å². The molecule has 2 N–H and O–H groups in total. The summed E-state index contributed by atoms with van der Waals surface area (Å²) in [7, 11) is 2.11. The number of hydrogen-bond acceptors (Lipinski definition) is 4. The van der Waals surface area contributed by atoms with Gasteiger partial charge in [0.2, 0.25) is 0 Å². The van der Waals surface area contributed by atoms with Gasteiger partial charge in [0.1, 0.15) is 0 Å². The fraction of sp³-hybridized carbons (Fsp3) is 1.00. The lowest BCUT2D eigenvalue weighted by atomic mass is 10.2. The quantitative estimate of drug-likeness (QED) is 0.632. The molecule has 0 aromatic heterocycles. The summed E-state index contributed by atoms with van der Waals surface area (Å²) in [4.78, 5) is 2.29.